The Labute approximate surface area is 79.9 Å². The Morgan fingerprint density at radius 1 is 1.38 bits per heavy atom. The Morgan fingerprint density at radius 2 is 2.00 bits per heavy atom. The van der Waals surface area contributed by atoms with Crippen LogP contribution >= 0.6 is 0 Å². The van der Waals surface area contributed by atoms with Gasteiger partial charge in [0.1, 0.15) is 17.5 Å². The molecule has 13 heavy (non-hydrogen) atoms. The Bertz CT molecular complexity index is 278. The molecule has 0 N–H and O–H groups in total. The number of rotatable bonds is 1. The molecule has 1 fully saturated rings. The van der Waals surface area contributed by atoms with Crippen molar-refractivity contribution in [1.82, 2.24) is 0 Å². The van der Waals surface area contributed by atoms with Crippen LogP contribution in [0.2, 0.25) is 0 Å². The van der Waals surface area contributed by atoms with Crippen molar-refractivity contribution in [2.75, 3.05) is 7.11 Å². The molecule has 1 saturated heterocycles. The lowest BCUT2D eigenvalue weighted by atomic mass is 9.71. The first kappa shape index (κ1) is 9.07. The molecule has 2 rings (SSSR count). The van der Waals surface area contributed by atoms with Gasteiger partial charge < -0.3 is 9.47 Å². The van der Waals surface area contributed by atoms with Gasteiger partial charge in [-0.25, -0.2) is 0 Å². The van der Waals surface area contributed by atoms with Crippen LogP contribution in [0.25, 0.3) is 0 Å². The molecule has 0 aromatic carbocycles. The van der Waals surface area contributed by atoms with Gasteiger partial charge in [0, 0.05) is 0 Å². The summed E-state index contributed by atoms with van der Waals surface area (Å²) in [6.45, 7) is 8.83. The number of fused-ring (bicyclic) bond motifs is 1. The number of allylic oxidation sites excluding steroid dienone is 1. The van der Waals surface area contributed by atoms with E-state index in [4.69, 9.17) is 9.47 Å². The average molecular weight is 182 g/mol. The molecule has 0 amide bonds. The number of epoxide rings is 1. The highest BCUT2D eigenvalue weighted by Gasteiger charge is 2.61. The van der Waals surface area contributed by atoms with Crippen LogP contribution in [0.5, 0.6) is 0 Å². The molecule has 0 saturated carbocycles. The van der Waals surface area contributed by atoms with E-state index < -0.39 is 0 Å². The van der Waals surface area contributed by atoms with E-state index in [1.807, 2.05) is 0 Å². The van der Waals surface area contributed by atoms with Crippen molar-refractivity contribution in [3.05, 3.63) is 11.3 Å². The third kappa shape index (κ3) is 1.12. The van der Waals surface area contributed by atoms with E-state index in [1.165, 1.54) is 5.57 Å². The van der Waals surface area contributed by atoms with Crippen molar-refractivity contribution in [3.63, 3.8) is 0 Å². The van der Waals surface area contributed by atoms with Crippen LogP contribution in [0.1, 0.15) is 34.1 Å². The lowest BCUT2D eigenvalue weighted by Gasteiger charge is -2.33. The molecule has 0 bridgehead atoms. The standard InChI is InChI=1S/C11H18O2/c1-7-8(12-5)9-11(4,13-9)6-10(7,2)3/h9H,6H2,1-5H3. The Kier molecular flexibility index (Phi) is 1.60. The predicted octanol–water partition coefficient (Wildman–Crippen LogP) is 2.49. The van der Waals surface area contributed by atoms with Crippen LogP contribution < -0.4 is 0 Å². The maximum atomic E-state index is 5.69. The molecule has 2 atom stereocenters. The summed E-state index contributed by atoms with van der Waals surface area (Å²) in [5.74, 6) is 1.05. The highest BCUT2D eigenvalue weighted by Crippen LogP contribution is 2.56. The SMILES string of the molecule is COC1=C(C)C(C)(C)CC2(C)OC12. The zero-order valence-electron chi connectivity index (χ0n) is 9.10. The van der Waals surface area contributed by atoms with Gasteiger partial charge in [-0.15, -0.1) is 0 Å². The summed E-state index contributed by atoms with van der Waals surface area (Å²) in [5, 5.41) is 0. The Hall–Kier alpha value is -0.500. The van der Waals surface area contributed by atoms with Crippen molar-refractivity contribution < 1.29 is 9.47 Å². The second kappa shape index (κ2) is 2.30. The summed E-state index contributed by atoms with van der Waals surface area (Å²) in [7, 11) is 1.74. The van der Waals surface area contributed by atoms with Gasteiger partial charge in [-0.05, 0) is 31.3 Å². The van der Waals surface area contributed by atoms with E-state index >= 15 is 0 Å². The highest BCUT2D eigenvalue weighted by atomic mass is 16.6. The van der Waals surface area contributed by atoms with Crippen LogP contribution in [0, 0.1) is 5.41 Å². The van der Waals surface area contributed by atoms with E-state index in [0.717, 1.165) is 12.2 Å². The molecule has 2 unspecified atom stereocenters. The van der Waals surface area contributed by atoms with Gasteiger partial charge in [0.2, 0.25) is 0 Å². The molecule has 0 radical (unpaired) electrons. The second-order valence-corrected chi connectivity index (χ2v) is 5.06. The number of methoxy groups -OCH3 is 1. The molecule has 1 aliphatic carbocycles. The average Bonchev–Trinajstić information content (AvgIpc) is 2.61. The maximum Gasteiger partial charge on any atom is 0.144 e. The fourth-order valence-corrected chi connectivity index (χ4v) is 2.50. The second-order valence-electron chi connectivity index (χ2n) is 5.06. The normalized spacial score (nSPS) is 41.5. The Balaban J connectivity index is 2.41. The third-order valence-electron chi connectivity index (χ3n) is 3.52. The molecule has 2 nitrogen and oxygen atoms in total. The fourth-order valence-electron chi connectivity index (χ4n) is 2.50. The minimum Gasteiger partial charge on any atom is -0.498 e. The van der Waals surface area contributed by atoms with E-state index in [-0.39, 0.29) is 17.1 Å². The van der Waals surface area contributed by atoms with Crippen LogP contribution in [-0.2, 0) is 9.47 Å². The van der Waals surface area contributed by atoms with Crippen LogP contribution in [0.15, 0.2) is 11.3 Å². The van der Waals surface area contributed by atoms with Crippen molar-refractivity contribution >= 4 is 0 Å². The summed E-state index contributed by atoms with van der Waals surface area (Å²) in [6.07, 6.45) is 1.33. The van der Waals surface area contributed by atoms with Gasteiger partial charge >= 0.3 is 0 Å². The molecule has 1 aliphatic heterocycles. The monoisotopic (exact) mass is 182 g/mol. The molecule has 2 heteroatoms. The van der Waals surface area contributed by atoms with Gasteiger partial charge in [0.05, 0.1) is 7.11 Å². The first-order valence-corrected chi connectivity index (χ1v) is 4.84. The topological polar surface area (TPSA) is 21.8 Å². The van der Waals surface area contributed by atoms with Crippen LogP contribution in [0.3, 0.4) is 0 Å². The van der Waals surface area contributed by atoms with Crippen molar-refractivity contribution in [1.29, 1.82) is 0 Å². The van der Waals surface area contributed by atoms with Gasteiger partial charge in [-0.1, -0.05) is 13.8 Å². The first-order chi connectivity index (χ1) is 5.91. The van der Waals surface area contributed by atoms with E-state index in [1.54, 1.807) is 7.11 Å². The quantitative estimate of drug-likeness (QED) is 0.581. The maximum absolute atomic E-state index is 5.69. The fraction of sp³-hybridized carbons (Fsp3) is 0.818. The lowest BCUT2D eigenvalue weighted by Crippen LogP contribution is -2.31. The van der Waals surface area contributed by atoms with Crippen LogP contribution in [0.4, 0.5) is 0 Å². The largest absolute Gasteiger partial charge is 0.498 e. The zero-order chi connectivity index (χ0) is 9.85. The molecule has 2 aliphatic rings. The minimum atomic E-state index is 0.0500. The molecule has 0 spiro atoms. The molecular weight excluding hydrogens is 164 g/mol. The number of hydrogen-bond donors (Lipinski definition) is 0. The van der Waals surface area contributed by atoms with Gasteiger partial charge in [-0.2, -0.15) is 0 Å². The smallest absolute Gasteiger partial charge is 0.144 e. The van der Waals surface area contributed by atoms with Gasteiger partial charge in [-0.3, -0.25) is 0 Å². The van der Waals surface area contributed by atoms with Gasteiger partial charge in [0.25, 0.3) is 0 Å². The van der Waals surface area contributed by atoms with Crippen molar-refractivity contribution in [2.45, 2.75) is 45.8 Å². The minimum absolute atomic E-state index is 0.0500. The Morgan fingerprint density at radius 3 is 2.54 bits per heavy atom. The van der Waals surface area contributed by atoms with E-state index in [2.05, 4.69) is 27.7 Å². The molecular formula is C11H18O2. The van der Waals surface area contributed by atoms with Crippen LogP contribution in [-0.4, -0.2) is 18.8 Å². The summed E-state index contributed by atoms with van der Waals surface area (Å²) in [4.78, 5) is 0. The molecule has 74 valence electrons. The van der Waals surface area contributed by atoms with E-state index in [0.29, 0.717) is 0 Å². The first-order valence-electron chi connectivity index (χ1n) is 4.84. The van der Waals surface area contributed by atoms with Gasteiger partial charge in [0.15, 0.2) is 0 Å². The lowest BCUT2D eigenvalue weighted by molar-refractivity contribution is 0.229. The van der Waals surface area contributed by atoms with Crippen molar-refractivity contribution in [3.8, 4) is 0 Å². The molecule has 0 aromatic heterocycles. The predicted molar refractivity (Wildman–Crippen MR) is 51.4 cm³/mol. The van der Waals surface area contributed by atoms with Crippen molar-refractivity contribution in [2.24, 2.45) is 5.41 Å². The summed E-state index contributed by atoms with van der Waals surface area (Å²) in [6, 6.07) is 0. The third-order valence-corrected chi connectivity index (χ3v) is 3.52. The summed E-state index contributed by atoms with van der Waals surface area (Å²) < 4.78 is 11.1. The summed E-state index contributed by atoms with van der Waals surface area (Å²) in [5.41, 5.74) is 1.61. The molecule has 0 aromatic rings. The highest BCUT2D eigenvalue weighted by molar-refractivity contribution is 5.32. The molecule has 1 heterocycles. The summed E-state index contributed by atoms with van der Waals surface area (Å²) >= 11 is 0. The van der Waals surface area contributed by atoms with E-state index in [9.17, 15) is 0 Å². The number of hydrogen-bond acceptors (Lipinski definition) is 2. The zero-order valence-corrected chi connectivity index (χ0v) is 9.10. The number of ether oxygens (including phenoxy) is 2.